The van der Waals surface area contributed by atoms with E-state index >= 15 is 0 Å². The van der Waals surface area contributed by atoms with E-state index in [1.165, 1.54) is 18.3 Å². The number of anilines is 1. The monoisotopic (exact) mass is 330 g/mol. The van der Waals surface area contributed by atoms with Gasteiger partial charge in [0.15, 0.2) is 0 Å². The highest BCUT2D eigenvalue weighted by atomic mass is 19.1. The van der Waals surface area contributed by atoms with Gasteiger partial charge >= 0.3 is 5.97 Å². The SMILES string of the molecule is CN(c1ccc(C(=O)O)cn1)C1CCOC(c2ccc(F)cc2)C1. The van der Waals surface area contributed by atoms with Gasteiger partial charge in [0, 0.05) is 25.9 Å². The van der Waals surface area contributed by atoms with Crippen molar-refractivity contribution in [2.75, 3.05) is 18.6 Å². The Labute approximate surface area is 139 Å². The maximum Gasteiger partial charge on any atom is 0.337 e. The number of ether oxygens (including phenoxy) is 1. The van der Waals surface area contributed by atoms with E-state index in [0.717, 1.165) is 24.2 Å². The van der Waals surface area contributed by atoms with Crippen LogP contribution in [0.4, 0.5) is 10.2 Å². The number of hydrogen-bond acceptors (Lipinski definition) is 4. The number of benzene rings is 1. The Hall–Kier alpha value is -2.47. The Kier molecular flexibility index (Phi) is 4.76. The van der Waals surface area contributed by atoms with Gasteiger partial charge in [-0.3, -0.25) is 0 Å². The lowest BCUT2D eigenvalue weighted by Crippen LogP contribution is -2.38. The van der Waals surface area contributed by atoms with Crippen molar-refractivity contribution in [2.24, 2.45) is 0 Å². The lowest BCUT2D eigenvalue weighted by Gasteiger charge is -2.36. The van der Waals surface area contributed by atoms with Crippen LogP contribution in [-0.4, -0.2) is 35.8 Å². The van der Waals surface area contributed by atoms with Gasteiger partial charge in [-0.1, -0.05) is 12.1 Å². The minimum atomic E-state index is -0.987. The van der Waals surface area contributed by atoms with Crippen molar-refractivity contribution in [1.29, 1.82) is 0 Å². The number of aromatic carboxylic acids is 1. The smallest absolute Gasteiger partial charge is 0.337 e. The predicted octanol–water partition coefficient (Wildman–Crippen LogP) is 3.28. The number of rotatable bonds is 4. The van der Waals surface area contributed by atoms with Gasteiger partial charge in [0.1, 0.15) is 11.6 Å². The quantitative estimate of drug-likeness (QED) is 0.932. The van der Waals surface area contributed by atoms with Crippen LogP contribution in [0.5, 0.6) is 0 Å². The third-order valence-corrected chi connectivity index (χ3v) is 4.40. The molecule has 0 radical (unpaired) electrons. The van der Waals surface area contributed by atoms with Crippen molar-refractivity contribution in [3.05, 3.63) is 59.5 Å². The summed E-state index contributed by atoms with van der Waals surface area (Å²) in [6.07, 6.45) is 2.91. The first kappa shape index (κ1) is 16.4. The van der Waals surface area contributed by atoms with Gasteiger partial charge in [-0.25, -0.2) is 14.2 Å². The van der Waals surface area contributed by atoms with E-state index in [1.54, 1.807) is 24.3 Å². The molecule has 126 valence electrons. The van der Waals surface area contributed by atoms with E-state index in [-0.39, 0.29) is 23.5 Å². The van der Waals surface area contributed by atoms with Crippen LogP contribution in [-0.2, 0) is 4.74 Å². The summed E-state index contributed by atoms with van der Waals surface area (Å²) < 4.78 is 18.9. The van der Waals surface area contributed by atoms with Gasteiger partial charge in [-0.05, 0) is 42.7 Å². The summed E-state index contributed by atoms with van der Waals surface area (Å²) in [5, 5.41) is 8.95. The van der Waals surface area contributed by atoms with Crippen LogP contribution in [0.3, 0.4) is 0 Å². The minimum absolute atomic E-state index is 0.0786. The molecule has 3 rings (SSSR count). The molecule has 1 aromatic heterocycles. The number of carboxylic acids is 1. The number of halogens is 1. The molecule has 0 bridgehead atoms. The molecule has 1 aromatic carbocycles. The normalized spacial score (nSPS) is 20.6. The molecule has 1 aliphatic heterocycles. The molecule has 0 spiro atoms. The third kappa shape index (κ3) is 3.54. The van der Waals surface area contributed by atoms with E-state index < -0.39 is 5.97 Å². The molecule has 0 saturated carbocycles. The number of carbonyl (C=O) groups is 1. The highest BCUT2D eigenvalue weighted by molar-refractivity contribution is 5.87. The van der Waals surface area contributed by atoms with Crippen LogP contribution in [0.2, 0.25) is 0 Å². The van der Waals surface area contributed by atoms with Gasteiger partial charge in [0.2, 0.25) is 0 Å². The number of pyridine rings is 1. The Morgan fingerprint density at radius 1 is 1.29 bits per heavy atom. The zero-order valence-electron chi connectivity index (χ0n) is 13.4. The Morgan fingerprint density at radius 2 is 2.04 bits per heavy atom. The van der Waals surface area contributed by atoms with Gasteiger partial charge in [-0.15, -0.1) is 0 Å². The molecule has 1 fully saturated rings. The molecule has 0 amide bonds. The van der Waals surface area contributed by atoms with Crippen molar-refractivity contribution in [3.8, 4) is 0 Å². The highest BCUT2D eigenvalue weighted by Gasteiger charge is 2.27. The third-order valence-electron chi connectivity index (χ3n) is 4.40. The first-order valence-corrected chi connectivity index (χ1v) is 7.84. The molecule has 1 N–H and O–H groups in total. The lowest BCUT2D eigenvalue weighted by molar-refractivity contribution is 0.00580. The molecule has 2 unspecified atom stereocenters. The summed E-state index contributed by atoms with van der Waals surface area (Å²) in [6, 6.07) is 9.88. The molecule has 2 heterocycles. The molecule has 2 atom stereocenters. The van der Waals surface area contributed by atoms with E-state index in [2.05, 4.69) is 4.98 Å². The zero-order chi connectivity index (χ0) is 17.1. The first-order chi connectivity index (χ1) is 11.5. The van der Waals surface area contributed by atoms with Crippen molar-refractivity contribution in [2.45, 2.75) is 25.0 Å². The molecule has 5 nitrogen and oxygen atoms in total. The lowest BCUT2D eigenvalue weighted by atomic mass is 9.96. The molecule has 6 heteroatoms. The second-order valence-electron chi connectivity index (χ2n) is 5.91. The van der Waals surface area contributed by atoms with Crippen molar-refractivity contribution >= 4 is 11.8 Å². The largest absolute Gasteiger partial charge is 0.478 e. The fourth-order valence-corrected chi connectivity index (χ4v) is 2.95. The van der Waals surface area contributed by atoms with Crippen molar-refractivity contribution in [1.82, 2.24) is 4.98 Å². The first-order valence-electron chi connectivity index (χ1n) is 7.84. The maximum absolute atomic E-state index is 13.1. The highest BCUT2D eigenvalue weighted by Crippen LogP contribution is 2.31. The summed E-state index contributed by atoms with van der Waals surface area (Å²) in [5.74, 6) is -0.519. The van der Waals surface area contributed by atoms with E-state index in [1.807, 2.05) is 11.9 Å². The zero-order valence-corrected chi connectivity index (χ0v) is 13.4. The van der Waals surface area contributed by atoms with Crippen LogP contribution in [0.25, 0.3) is 0 Å². The molecule has 0 aliphatic carbocycles. The van der Waals surface area contributed by atoms with Gasteiger partial charge < -0.3 is 14.7 Å². The van der Waals surface area contributed by atoms with Crippen LogP contribution >= 0.6 is 0 Å². The fourth-order valence-electron chi connectivity index (χ4n) is 2.95. The van der Waals surface area contributed by atoms with E-state index in [9.17, 15) is 9.18 Å². The Bertz CT molecular complexity index is 703. The van der Waals surface area contributed by atoms with Crippen molar-refractivity contribution < 1.29 is 19.0 Å². The molecule has 24 heavy (non-hydrogen) atoms. The summed E-state index contributed by atoms with van der Waals surface area (Å²) in [5.41, 5.74) is 1.13. The van der Waals surface area contributed by atoms with Crippen molar-refractivity contribution in [3.63, 3.8) is 0 Å². The molecular weight excluding hydrogens is 311 g/mol. The topological polar surface area (TPSA) is 62.7 Å². The van der Waals surface area contributed by atoms with E-state index in [0.29, 0.717) is 6.61 Å². The summed E-state index contributed by atoms with van der Waals surface area (Å²) in [4.78, 5) is 17.2. The maximum atomic E-state index is 13.1. The van der Waals surface area contributed by atoms with E-state index in [4.69, 9.17) is 9.84 Å². The minimum Gasteiger partial charge on any atom is -0.478 e. The predicted molar refractivity (Wildman–Crippen MR) is 87.7 cm³/mol. The Morgan fingerprint density at radius 3 is 2.67 bits per heavy atom. The second kappa shape index (κ2) is 6.97. The number of carboxylic acid groups (broad SMARTS) is 1. The average molecular weight is 330 g/mol. The fraction of sp³-hybridized carbons (Fsp3) is 0.333. The standard InChI is InChI=1S/C18H19FN2O3/c1-21(17-7-4-13(11-20-17)18(22)23)15-8-9-24-16(10-15)12-2-5-14(19)6-3-12/h2-7,11,15-16H,8-10H2,1H3,(H,22,23). The van der Waals surface area contributed by atoms with Gasteiger partial charge in [0.25, 0.3) is 0 Å². The number of hydrogen-bond donors (Lipinski definition) is 1. The summed E-state index contributed by atoms with van der Waals surface area (Å²) in [6.45, 7) is 0.615. The van der Waals surface area contributed by atoms with Crippen LogP contribution < -0.4 is 4.90 Å². The van der Waals surface area contributed by atoms with Crippen LogP contribution in [0.1, 0.15) is 34.9 Å². The molecule has 2 aromatic rings. The summed E-state index contributed by atoms with van der Waals surface area (Å²) in [7, 11) is 1.94. The number of aromatic nitrogens is 1. The molecular formula is C18H19FN2O3. The van der Waals surface area contributed by atoms with Gasteiger partial charge in [-0.2, -0.15) is 0 Å². The van der Waals surface area contributed by atoms with Crippen LogP contribution in [0, 0.1) is 5.82 Å². The number of nitrogens with zero attached hydrogens (tertiary/aromatic N) is 2. The van der Waals surface area contributed by atoms with Crippen LogP contribution in [0.15, 0.2) is 42.6 Å². The Balaban J connectivity index is 1.71. The molecule has 1 saturated heterocycles. The average Bonchev–Trinajstić information content (AvgIpc) is 2.62. The van der Waals surface area contributed by atoms with Gasteiger partial charge in [0.05, 0.1) is 11.7 Å². The second-order valence-corrected chi connectivity index (χ2v) is 5.91. The summed E-state index contributed by atoms with van der Waals surface area (Å²) >= 11 is 0. The molecule has 1 aliphatic rings.